The smallest absolute Gasteiger partial charge is 0.259 e. The molecule has 0 aliphatic carbocycles. The zero-order chi connectivity index (χ0) is 22.2. The Kier molecular flexibility index (Phi) is 5.81. The fraction of sp³-hybridized carbons (Fsp3) is 0.409. The van der Waals surface area contributed by atoms with Gasteiger partial charge in [-0.3, -0.25) is 4.79 Å². The predicted octanol–water partition coefficient (Wildman–Crippen LogP) is 2.70. The third-order valence-electron chi connectivity index (χ3n) is 6.01. The SMILES string of the molecule is CCC(C)c1ccc(S(=O)(=O)N2CCN(C(=O)c3c(C)nn4cccnc34)CC2)cc1. The number of hydrogen-bond donors (Lipinski definition) is 0. The maximum Gasteiger partial charge on any atom is 0.259 e. The van der Waals surface area contributed by atoms with E-state index in [0.29, 0.717) is 40.8 Å². The molecule has 1 aliphatic heterocycles. The molecule has 1 amide bonds. The molecule has 0 saturated carbocycles. The van der Waals surface area contributed by atoms with Crippen molar-refractivity contribution >= 4 is 21.6 Å². The highest BCUT2D eigenvalue weighted by molar-refractivity contribution is 7.89. The van der Waals surface area contributed by atoms with Gasteiger partial charge >= 0.3 is 0 Å². The Morgan fingerprint density at radius 3 is 2.45 bits per heavy atom. The molecule has 1 fully saturated rings. The summed E-state index contributed by atoms with van der Waals surface area (Å²) < 4.78 is 29.2. The monoisotopic (exact) mass is 441 g/mol. The molecule has 0 N–H and O–H groups in total. The Morgan fingerprint density at radius 2 is 1.81 bits per heavy atom. The first-order valence-corrected chi connectivity index (χ1v) is 12.0. The van der Waals surface area contributed by atoms with Crippen molar-refractivity contribution in [2.45, 2.75) is 38.0 Å². The Morgan fingerprint density at radius 1 is 1.13 bits per heavy atom. The van der Waals surface area contributed by atoms with Gasteiger partial charge in [0.1, 0.15) is 5.56 Å². The Labute approximate surface area is 182 Å². The van der Waals surface area contributed by atoms with Gasteiger partial charge in [0.25, 0.3) is 5.91 Å². The number of sulfonamides is 1. The summed E-state index contributed by atoms with van der Waals surface area (Å²) in [5.41, 5.74) is 2.73. The van der Waals surface area contributed by atoms with Crippen molar-refractivity contribution < 1.29 is 13.2 Å². The van der Waals surface area contributed by atoms with Crippen LogP contribution in [0.3, 0.4) is 0 Å². The van der Waals surface area contributed by atoms with Crippen LogP contribution in [0.15, 0.2) is 47.6 Å². The average Bonchev–Trinajstić information content (AvgIpc) is 3.13. The Hall–Kier alpha value is -2.78. The normalized spacial score (nSPS) is 16.5. The van der Waals surface area contributed by atoms with E-state index in [0.717, 1.165) is 12.0 Å². The number of aryl methyl sites for hydroxylation is 1. The van der Waals surface area contributed by atoms with Gasteiger partial charge in [0.15, 0.2) is 5.65 Å². The minimum absolute atomic E-state index is 0.166. The van der Waals surface area contributed by atoms with Crippen molar-refractivity contribution in [1.29, 1.82) is 0 Å². The molecule has 1 atom stereocenters. The quantitative estimate of drug-likeness (QED) is 0.607. The molecule has 1 aliphatic rings. The van der Waals surface area contributed by atoms with E-state index in [1.165, 1.54) is 4.31 Å². The molecule has 0 spiro atoms. The van der Waals surface area contributed by atoms with Gasteiger partial charge in [0, 0.05) is 38.6 Å². The molecule has 31 heavy (non-hydrogen) atoms. The molecule has 3 heterocycles. The zero-order valence-electron chi connectivity index (χ0n) is 18.0. The lowest BCUT2D eigenvalue weighted by Gasteiger charge is -2.34. The standard InChI is InChI=1S/C22H27N5O3S/c1-4-16(2)18-6-8-19(9-7-18)31(29,30)26-14-12-25(13-15-26)22(28)20-17(3)24-27-11-5-10-23-21(20)27/h5-11,16H,4,12-15H2,1-3H3. The number of fused-ring (bicyclic) bond motifs is 1. The summed E-state index contributed by atoms with van der Waals surface area (Å²) in [6.07, 6.45) is 4.39. The first-order valence-electron chi connectivity index (χ1n) is 10.5. The number of piperazine rings is 1. The van der Waals surface area contributed by atoms with Crippen LogP contribution in [0.25, 0.3) is 5.65 Å². The summed E-state index contributed by atoms with van der Waals surface area (Å²) >= 11 is 0. The number of carbonyl (C=O) groups excluding carboxylic acids is 1. The molecule has 0 bridgehead atoms. The van der Waals surface area contributed by atoms with Gasteiger partial charge in [-0.2, -0.15) is 9.40 Å². The second-order valence-corrected chi connectivity index (χ2v) is 9.86. The van der Waals surface area contributed by atoms with Crippen LogP contribution in [-0.2, 0) is 10.0 Å². The van der Waals surface area contributed by atoms with Crippen LogP contribution in [0, 0.1) is 6.92 Å². The van der Waals surface area contributed by atoms with Crippen molar-refractivity contribution in [3.63, 3.8) is 0 Å². The summed E-state index contributed by atoms with van der Waals surface area (Å²) in [4.78, 5) is 19.4. The number of nitrogens with zero attached hydrogens (tertiary/aromatic N) is 5. The van der Waals surface area contributed by atoms with Crippen LogP contribution < -0.4 is 0 Å². The molecule has 4 rings (SSSR count). The van der Waals surface area contributed by atoms with Gasteiger partial charge in [0.05, 0.1) is 10.6 Å². The van der Waals surface area contributed by atoms with Crippen molar-refractivity contribution in [1.82, 2.24) is 23.8 Å². The fourth-order valence-corrected chi connectivity index (χ4v) is 5.31. The van der Waals surface area contributed by atoms with Crippen LogP contribution in [0.4, 0.5) is 0 Å². The first kappa shape index (κ1) is 21.5. The summed E-state index contributed by atoms with van der Waals surface area (Å²) in [6.45, 7) is 7.19. The molecular weight excluding hydrogens is 414 g/mol. The van der Waals surface area contributed by atoms with E-state index in [-0.39, 0.29) is 19.0 Å². The number of hydrogen-bond acceptors (Lipinski definition) is 5. The largest absolute Gasteiger partial charge is 0.336 e. The maximum absolute atomic E-state index is 13.1. The highest BCUT2D eigenvalue weighted by Gasteiger charge is 2.32. The van der Waals surface area contributed by atoms with E-state index in [4.69, 9.17) is 0 Å². The van der Waals surface area contributed by atoms with E-state index in [9.17, 15) is 13.2 Å². The number of carbonyl (C=O) groups is 1. The lowest BCUT2D eigenvalue weighted by Crippen LogP contribution is -2.50. The van der Waals surface area contributed by atoms with E-state index >= 15 is 0 Å². The minimum Gasteiger partial charge on any atom is -0.336 e. The molecule has 2 aromatic heterocycles. The van der Waals surface area contributed by atoms with Crippen LogP contribution in [0.2, 0.25) is 0 Å². The summed E-state index contributed by atoms with van der Waals surface area (Å²) in [6, 6.07) is 8.90. The van der Waals surface area contributed by atoms with E-state index in [1.54, 1.807) is 46.9 Å². The van der Waals surface area contributed by atoms with Crippen LogP contribution in [-0.4, -0.2) is 64.3 Å². The maximum atomic E-state index is 13.1. The second kappa shape index (κ2) is 8.39. The van der Waals surface area contributed by atoms with Crippen molar-refractivity contribution in [3.05, 3.63) is 59.5 Å². The minimum atomic E-state index is -3.59. The van der Waals surface area contributed by atoms with Crippen LogP contribution in [0.5, 0.6) is 0 Å². The molecule has 1 saturated heterocycles. The van der Waals surface area contributed by atoms with Crippen molar-refractivity contribution in [2.24, 2.45) is 0 Å². The van der Waals surface area contributed by atoms with Crippen LogP contribution in [0.1, 0.15) is 47.8 Å². The van der Waals surface area contributed by atoms with Gasteiger partial charge in [0.2, 0.25) is 10.0 Å². The van der Waals surface area contributed by atoms with E-state index in [1.807, 2.05) is 12.1 Å². The molecule has 164 valence electrons. The molecule has 1 aromatic carbocycles. The Balaban J connectivity index is 1.47. The number of rotatable bonds is 5. The van der Waals surface area contributed by atoms with Gasteiger partial charge < -0.3 is 4.90 Å². The van der Waals surface area contributed by atoms with Gasteiger partial charge in [-0.25, -0.2) is 17.9 Å². The highest BCUT2D eigenvalue weighted by Crippen LogP contribution is 2.24. The molecule has 0 radical (unpaired) electrons. The molecular formula is C22H27N5O3S. The lowest BCUT2D eigenvalue weighted by atomic mass is 9.99. The number of aromatic nitrogens is 3. The molecule has 9 heteroatoms. The third kappa shape index (κ3) is 3.95. The summed E-state index contributed by atoms with van der Waals surface area (Å²) in [7, 11) is -3.59. The summed E-state index contributed by atoms with van der Waals surface area (Å²) in [5.74, 6) is 0.227. The van der Waals surface area contributed by atoms with Gasteiger partial charge in [-0.05, 0) is 43.0 Å². The molecule has 8 nitrogen and oxygen atoms in total. The molecule has 3 aromatic rings. The van der Waals surface area contributed by atoms with Gasteiger partial charge in [-0.15, -0.1) is 0 Å². The first-order chi connectivity index (χ1) is 14.8. The third-order valence-corrected chi connectivity index (χ3v) is 7.92. The number of amides is 1. The lowest BCUT2D eigenvalue weighted by molar-refractivity contribution is 0.0699. The zero-order valence-corrected chi connectivity index (χ0v) is 18.8. The second-order valence-electron chi connectivity index (χ2n) is 7.92. The van der Waals surface area contributed by atoms with Crippen LogP contribution >= 0.6 is 0 Å². The van der Waals surface area contributed by atoms with Crippen molar-refractivity contribution in [3.8, 4) is 0 Å². The summed E-state index contributed by atoms with van der Waals surface area (Å²) in [5, 5.41) is 4.35. The fourth-order valence-electron chi connectivity index (χ4n) is 3.89. The van der Waals surface area contributed by atoms with E-state index < -0.39 is 10.0 Å². The average molecular weight is 442 g/mol. The predicted molar refractivity (Wildman–Crippen MR) is 118 cm³/mol. The van der Waals surface area contributed by atoms with Gasteiger partial charge in [-0.1, -0.05) is 26.0 Å². The molecule has 1 unspecified atom stereocenters. The highest BCUT2D eigenvalue weighted by atomic mass is 32.2. The number of benzene rings is 1. The van der Waals surface area contributed by atoms with E-state index in [2.05, 4.69) is 23.9 Å². The topological polar surface area (TPSA) is 87.9 Å². The Bertz CT molecular complexity index is 1200. The van der Waals surface area contributed by atoms with Crippen molar-refractivity contribution in [2.75, 3.05) is 26.2 Å².